The molecule has 1 aromatic carbocycles. The molecule has 2 aromatic heterocycles. The van der Waals surface area contributed by atoms with Crippen molar-refractivity contribution in [3.05, 3.63) is 77.3 Å². The quantitative estimate of drug-likeness (QED) is 0.331. The van der Waals surface area contributed by atoms with Gasteiger partial charge in [-0.2, -0.15) is 0 Å². The van der Waals surface area contributed by atoms with Gasteiger partial charge < -0.3 is 19.7 Å². The average Bonchev–Trinajstić information content (AvgIpc) is 3.54. The van der Waals surface area contributed by atoms with Crippen molar-refractivity contribution in [2.24, 2.45) is 11.8 Å². The second-order valence-electron chi connectivity index (χ2n) is 11.7. The van der Waals surface area contributed by atoms with Crippen LogP contribution in [0.5, 0.6) is 0 Å². The number of aromatic nitrogens is 2. The van der Waals surface area contributed by atoms with Crippen LogP contribution in [-0.2, 0) is 0 Å². The number of nitrogens with one attached hydrogen (secondary N) is 1. The first-order valence-electron chi connectivity index (χ1n) is 14.2. The van der Waals surface area contributed by atoms with Gasteiger partial charge in [0.1, 0.15) is 0 Å². The lowest BCUT2D eigenvalue weighted by molar-refractivity contribution is 0.353. The number of nitrogens with zero attached hydrogens (tertiary/aromatic N) is 4. The fourth-order valence-electron chi connectivity index (χ4n) is 6.95. The monoisotopic (exact) mass is 547 g/mol. The van der Waals surface area contributed by atoms with Gasteiger partial charge in [0, 0.05) is 43.4 Å². The van der Waals surface area contributed by atoms with E-state index in [1.807, 2.05) is 18.3 Å². The van der Waals surface area contributed by atoms with E-state index in [1.165, 1.54) is 44.1 Å². The summed E-state index contributed by atoms with van der Waals surface area (Å²) in [7, 11) is 0. The third kappa shape index (κ3) is 5.05. The Hall–Kier alpha value is -2.57. The Labute approximate surface area is 237 Å². The van der Waals surface area contributed by atoms with Gasteiger partial charge in [0.2, 0.25) is 0 Å². The maximum Gasteiger partial charge on any atom is 0.174 e. The molecule has 3 aliphatic rings. The highest BCUT2D eigenvalue weighted by Crippen LogP contribution is 2.44. The van der Waals surface area contributed by atoms with E-state index < -0.39 is 0 Å². The molecule has 2 aliphatic heterocycles. The van der Waals surface area contributed by atoms with Gasteiger partial charge in [-0.15, -0.1) is 0 Å². The Bertz CT molecular complexity index is 1260. The number of hydrogen-bond donors (Lipinski definition) is 1. The van der Waals surface area contributed by atoms with Crippen molar-refractivity contribution in [3.8, 4) is 0 Å². The maximum atomic E-state index is 6.99. The summed E-state index contributed by atoms with van der Waals surface area (Å²) in [4.78, 5) is 9.41. The smallest absolute Gasteiger partial charge is 0.174 e. The summed E-state index contributed by atoms with van der Waals surface area (Å²) in [6, 6.07) is 15.4. The molecule has 3 aromatic rings. The summed E-state index contributed by atoms with van der Waals surface area (Å²) in [6.07, 6.45) is 14.2. The van der Waals surface area contributed by atoms with Crippen molar-refractivity contribution < 1.29 is 0 Å². The van der Waals surface area contributed by atoms with Crippen molar-refractivity contribution in [2.75, 3.05) is 22.9 Å². The molecule has 5 nitrogen and oxygen atoms in total. The fraction of sp³-hybridized carbons (Fsp3) is 0.484. The molecule has 4 atom stereocenters. The van der Waals surface area contributed by atoms with E-state index >= 15 is 0 Å². The summed E-state index contributed by atoms with van der Waals surface area (Å²) >= 11 is 13.0. The lowest BCUT2D eigenvalue weighted by Gasteiger charge is -2.37. The lowest BCUT2D eigenvalue weighted by Crippen LogP contribution is -2.38. The SMILES string of the molecule is C[C@@H]1C[C@@H](C)CN(c2ccc(N3C(=S)N[C@@H](c4ccccn4)[C@@H]3c3ccn(C4CCCCC4)c3)cc2Cl)C1. The van der Waals surface area contributed by atoms with Crippen molar-refractivity contribution in [2.45, 2.75) is 70.5 Å². The third-order valence-electron chi connectivity index (χ3n) is 8.59. The zero-order chi connectivity index (χ0) is 26.2. The molecule has 38 heavy (non-hydrogen) atoms. The number of hydrogen-bond acceptors (Lipinski definition) is 3. The highest BCUT2D eigenvalue weighted by Gasteiger charge is 2.41. The molecule has 0 amide bonds. The lowest BCUT2D eigenvalue weighted by atomic mass is 9.91. The average molecular weight is 548 g/mol. The largest absolute Gasteiger partial charge is 0.370 e. The summed E-state index contributed by atoms with van der Waals surface area (Å²) < 4.78 is 2.43. The minimum atomic E-state index is -0.0480. The van der Waals surface area contributed by atoms with Crippen LogP contribution in [0.25, 0.3) is 0 Å². The van der Waals surface area contributed by atoms with Crippen LogP contribution in [0.1, 0.15) is 81.8 Å². The summed E-state index contributed by atoms with van der Waals surface area (Å²) in [5.74, 6) is 1.34. The van der Waals surface area contributed by atoms with Crippen LogP contribution < -0.4 is 15.1 Å². The molecule has 4 heterocycles. The second kappa shape index (κ2) is 10.9. The van der Waals surface area contributed by atoms with Crippen molar-refractivity contribution in [3.63, 3.8) is 0 Å². The highest BCUT2D eigenvalue weighted by molar-refractivity contribution is 7.80. The minimum Gasteiger partial charge on any atom is -0.370 e. The first-order valence-corrected chi connectivity index (χ1v) is 15.0. The summed E-state index contributed by atoms with van der Waals surface area (Å²) in [6.45, 7) is 6.76. The van der Waals surface area contributed by atoms with E-state index in [2.05, 4.69) is 76.3 Å². The molecule has 1 N–H and O–H groups in total. The molecule has 7 heteroatoms. The molecule has 0 radical (unpaired) electrons. The molecule has 3 fully saturated rings. The molecule has 6 rings (SSSR count). The molecule has 1 saturated carbocycles. The molecular weight excluding hydrogens is 510 g/mol. The third-order valence-corrected chi connectivity index (χ3v) is 9.21. The van der Waals surface area contributed by atoms with Gasteiger partial charge in [-0.05, 0) is 85.3 Å². The van der Waals surface area contributed by atoms with Crippen LogP contribution in [0.4, 0.5) is 11.4 Å². The molecule has 0 bridgehead atoms. The zero-order valence-corrected chi connectivity index (χ0v) is 24.0. The van der Waals surface area contributed by atoms with Crippen LogP contribution in [0.3, 0.4) is 0 Å². The Kier molecular flexibility index (Phi) is 7.37. The standard InChI is InChI=1S/C31H38ClN5S/c1-21-16-22(2)19-36(18-21)28-12-11-25(17-26(28)32)37-30(29(34-31(37)38)27-10-6-7-14-33-27)23-13-15-35(20-23)24-8-4-3-5-9-24/h6-7,10-15,17,20-22,24,29-30H,3-5,8-9,16,18-19H2,1-2H3,(H,34,38)/t21-,22-,29+,30+/m1/s1. The predicted octanol–water partition coefficient (Wildman–Crippen LogP) is 7.70. The van der Waals surface area contributed by atoms with Gasteiger partial charge in [-0.3, -0.25) is 4.98 Å². The van der Waals surface area contributed by atoms with Crippen molar-refractivity contribution in [1.29, 1.82) is 0 Å². The second-order valence-corrected chi connectivity index (χ2v) is 12.5. The number of pyridine rings is 1. The summed E-state index contributed by atoms with van der Waals surface area (Å²) in [5, 5.41) is 5.09. The topological polar surface area (TPSA) is 36.3 Å². The maximum absolute atomic E-state index is 6.99. The normalized spacial score (nSPS) is 26.6. The van der Waals surface area contributed by atoms with Crippen LogP contribution in [0, 0.1) is 11.8 Å². The number of anilines is 2. The van der Waals surface area contributed by atoms with Crippen molar-refractivity contribution >= 4 is 40.3 Å². The Morgan fingerprint density at radius 3 is 2.50 bits per heavy atom. The number of thiocarbonyl (C=S) groups is 1. The van der Waals surface area contributed by atoms with Gasteiger partial charge in [-0.1, -0.05) is 50.8 Å². The molecule has 0 spiro atoms. The first kappa shape index (κ1) is 25.7. The zero-order valence-electron chi connectivity index (χ0n) is 22.4. The molecule has 2 saturated heterocycles. The molecule has 1 aliphatic carbocycles. The van der Waals surface area contributed by atoms with Crippen LogP contribution in [-0.4, -0.2) is 27.8 Å². The number of benzene rings is 1. The van der Waals surface area contributed by atoms with Gasteiger partial charge in [-0.25, -0.2) is 0 Å². The number of rotatable bonds is 5. The van der Waals surface area contributed by atoms with E-state index in [4.69, 9.17) is 28.8 Å². The van der Waals surface area contributed by atoms with Gasteiger partial charge in [0.05, 0.1) is 28.5 Å². The fourth-order valence-corrected chi connectivity index (χ4v) is 7.59. The van der Waals surface area contributed by atoms with E-state index in [9.17, 15) is 0 Å². The molecule has 0 unspecified atom stereocenters. The van der Waals surface area contributed by atoms with Gasteiger partial charge in [0.25, 0.3) is 0 Å². The number of piperidine rings is 1. The predicted molar refractivity (Wildman–Crippen MR) is 161 cm³/mol. The van der Waals surface area contributed by atoms with Crippen LogP contribution >= 0.6 is 23.8 Å². The van der Waals surface area contributed by atoms with Gasteiger partial charge >= 0.3 is 0 Å². The first-order chi connectivity index (χ1) is 18.5. The molecular formula is C31H38ClN5S. The Morgan fingerprint density at radius 1 is 1.00 bits per heavy atom. The van der Waals surface area contributed by atoms with E-state index in [1.54, 1.807) is 0 Å². The highest BCUT2D eigenvalue weighted by atomic mass is 35.5. The van der Waals surface area contributed by atoms with E-state index in [-0.39, 0.29) is 12.1 Å². The summed E-state index contributed by atoms with van der Waals surface area (Å²) in [5.41, 5.74) is 4.38. The molecule has 200 valence electrons. The Balaban J connectivity index is 1.35. The van der Waals surface area contributed by atoms with Crippen LogP contribution in [0.2, 0.25) is 5.02 Å². The van der Waals surface area contributed by atoms with E-state index in [0.29, 0.717) is 23.0 Å². The number of halogens is 1. The Morgan fingerprint density at radius 2 is 1.79 bits per heavy atom. The minimum absolute atomic E-state index is 0.0146. The van der Waals surface area contributed by atoms with E-state index in [0.717, 1.165) is 35.2 Å². The van der Waals surface area contributed by atoms with Gasteiger partial charge in [0.15, 0.2) is 5.11 Å². The van der Waals surface area contributed by atoms with Crippen molar-refractivity contribution in [1.82, 2.24) is 14.9 Å². The van der Waals surface area contributed by atoms with Crippen LogP contribution in [0.15, 0.2) is 61.1 Å².